The highest BCUT2D eigenvalue weighted by atomic mass is 32.1. The van der Waals surface area contributed by atoms with Gasteiger partial charge in [-0.15, -0.1) is 11.3 Å². The Labute approximate surface area is 134 Å². The second-order valence-corrected chi connectivity index (χ2v) is 7.18. The molecular formula is C17H19N3OS. The third-order valence-corrected chi connectivity index (χ3v) is 5.80. The van der Waals surface area contributed by atoms with Crippen molar-refractivity contribution in [3.8, 4) is 10.6 Å². The normalized spacial score (nSPS) is 20.9. The van der Waals surface area contributed by atoms with E-state index >= 15 is 0 Å². The first kappa shape index (κ1) is 13.9. The summed E-state index contributed by atoms with van der Waals surface area (Å²) in [5.41, 5.74) is 2.32. The van der Waals surface area contributed by atoms with E-state index in [0.717, 1.165) is 55.8 Å². The number of nitrogens with zero attached hydrogens (tertiary/aromatic N) is 3. The molecule has 2 aromatic heterocycles. The maximum atomic E-state index is 12.6. The van der Waals surface area contributed by atoms with Crippen molar-refractivity contribution >= 4 is 17.2 Å². The molecular weight excluding hydrogens is 294 g/mol. The topological polar surface area (TPSA) is 46.1 Å². The molecule has 0 saturated carbocycles. The van der Waals surface area contributed by atoms with Crippen molar-refractivity contribution in [1.29, 1.82) is 0 Å². The molecule has 1 atom stereocenters. The molecule has 0 radical (unpaired) electrons. The molecule has 2 aliphatic rings. The largest absolute Gasteiger partial charge is 0.342 e. The van der Waals surface area contributed by atoms with Gasteiger partial charge in [0.15, 0.2) is 0 Å². The van der Waals surface area contributed by atoms with Gasteiger partial charge in [-0.3, -0.25) is 9.78 Å². The lowest BCUT2D eigenvalue weighted by atomic mass is 9.90. The second kappa shape index (κ2) is 5.80. The molecule has 22 heavy (non-hydrogen) atoms. The second-order valence-electron chi connectivity index (χ2n) is 6.10. The van der Waals surface area contributed by atoms with Crippen LogP contribution in [-0.4, -0.2) is 33.9 Å². The summed E-state index contributed by atoms with van der Waals surface area (Å²) >= 11 is 1.74. The SMILES string of the molecule is O=C(C1CCc2nc(-c3ccncc3)sc2C1)N1CCCC1. The Morgan fingerprint density at radius 1 is 1.23 bits per heavy atom. The fourth-order valence-corrected chi connectivity index (χ4v) is 4.59. The van der Waals surface area contributed by atoms with Crippen LogP contribution in [0, 0.1) is 5.92 Å². The number of aromatic nitrogens is 2. The predicted octanol–water partition coefficient (Wildman–Crippen LogP) is 2.93. The number of hydrogen-bond donors (Lipinski definition) is 0. The number of likely N-dealkylation sites (tertiary alicyclic amines) is 1. The Morgan fingerprint density at radius 3 is 2.77 bits per heavy atom. The van der Waals surface area contributed by atoms with E-state index in [9.17, 15) is 4.79 Å². The Hall–Kier alpha value is -1.75. The van der Waals surface area contributed by atoms with Crippen LogP contribution in [0.1, 0.15) is 29.8 Å². The van der Waals surface area contributed by atoms with Gasteiger partial charge in [-0.1, -0.05) is 0 Å². The summed E-state index contributed by atoms with van der Waals surface area (Å²) in [6.07, 6.45) is 8.67. The number of fused-ring (bicyclic) bond motifs is 1. The zero-order valence-electron chi connectivity index (χ0n) is 12.5. The number of aryl methyl sites for hydroxylation is 1. The molecule has 1 aliphatic heterocycles. The first-order valence-corrected chi connectivity index (χ1v) is 8.80. The molecule has 0 spiro atoms. The fraction of sp³-hybridized carbons (Fsp3) is 0.471. The molecule has 1 saturated heterocycles. The molecule has 0 bridgehead atoms. The summed E-state index contributed by atoms with van der Waals surface area (Å²) in [6, 6.07) is 3.99. The molecule has 0 aromatic carbocycles. The van der Waals surface area contributed by atoms with Gasteiger partial charge < -0.3 is 4.90 Å². The van der Waals surface area contributed by atoms with E-state index in [1.807, 2.05) is 12.1 Å². The summed E-state index contributed by atoms with van der Waals surface area (Å²) in [5.74, 6) is 0.526. The molecule has 4 rings (SSSR count). The van der Waals surface area contributed by atoms with E-state index in [-0.39, 0.29) is 5.92 Å². The highest BCUT2D eigenvalue weighted by Crippen LogP contribution is 2.35. The minimum absolute atomic E-state index is 0.163. The highest BCUT2D eigenvalue weighted by molar-refractivity contribution is 7.15. The van der Waals surface area contributed by atoms with Gasteiger partial charge >= 0.3 is 0 Å². The van der Waals surface area contributed by atoms with Gasteiger partial charge in [0.05, 0.1) is 5.69 Å². The van der Waals surface area contributed by atoms with E-state index in [1.54, 1.807) is 23.7 Å². The van der Waals surface area contributed by atoms with Crippen molar-refractivity contribution in [2.45, 2.75) is 32.1 Å². The van der Waals surface area contributed by atoms with Crippen LogP contribution in [0.3, 0.4) is 0 Å². The molecule has 1 aliphatic carbocycles. The van der Waals surface area contributed by atoms with E-state index in [1.165, 1.54) is 10.6 Å². The first-order chi connectivity index (χ1) is 10.8. The number of carbonyl (C=O) groups excluding carboxylic acids is 1. The lowest BCUT2D eigenvalue weighted by molar-refractivity contribution is -0.134. The van der Waals surface area contributed by atoms with E-state index in [4.69, 9.17) is 4.98 Å². The van der Waals surface area contributed by atoms with Crippen LogP contribution < -0.4 is 0 Å². The number of thiazole rings is 1. The monoisotopic (exact) mass is 313 g/mol. The Balaban J connectivity index is 1.54. The van der Waals surface area contributed by atoms with Crippen molar-refractivity contribution in [2.24, 2.45) is 5.92 Å². The van der Waals surface area contributed by atoms with Crippen molar-refractivity contribution in [3.05, 3.63) is 35.1 Å². The van der Waals surface area contributed by atoms with Crippen LogP contribution in [0.25, 0.3) is 10.6 Å². The fourth-order valence-electron chi connectivity index (χ4n) is 3.40. The van der Waals surface area contributed by atoms with Crippen LogP contribution in [-0.2, 0) is 17.6 Å². The van der Waals surface area contributed by atoms with Crippen LogP contribution in [0.15, 0.2) is 24.5 Å². The van der Waals surface area contributed by atoms with Crippen LogP contribution >= 0.6 is 11.3 Å². The number of rotatable bonds is 2. The molecule has 1 amide bonds. The number of hydrogen-bond acceptors (Lipinski definition) is 4. The third-order valence-electron chi connectivity index (χ3n) is 4.63. The smallest absolute Gasteiger partial charge is 0.226 e. The number of pyridine rings is 1. The van der Waals surface area contributed by atoms with Crippen molar-refractivity contribution in [2.75, 3.05) is 13.1 Å². The Morgan fingerprint density at radius 2 is 2.00 bits per heavy atom. The molecule has 5 heteroatoms. The van der Waals surface area contributed by atoms with Gasteiger partial charge in [-0.05, 0) is 44.2 Å². The van der Waals surface area contributed by atoms with Crippen molar-refractivity contribution < 1.29 is 4.79 Å². The van der Waals surface area contributed by atoms with E-state index in [0.29, 0.717) is 5.91 Å². The van der Waals surface area contributed by atoms with Gasteiger partial charge in [0.25, 0.3) is 0 Å². The van der Waals surface area contributed by atoms with Crippen molar-refractivity contribution in [3.63, 3.8) is 0 Å². The molecule has 0 N–H and O–H groups in total. The molecule has 114 valence electrons. The summed E-state index contributed by atoms with van der Waals surface area (Å²) < 4.78 is 0. The highest BCUT2D eigenvalue weighted by Gasteiger charge is 2.31. The minimum Gasteiger partial charge on any atom is -0.342 e. The van der Waals surface area contributed by atoms with E-state index < -0.39 is 0 Å². The molecule has 4 nitrogen and oxygen atoms in total. The Kier molecular flexibility index (Phi) is 3.66. The van der Waals surface area contributed by atoms with Crippen molar-refractivity contribution in [1.82, 2.24) is 14.9 Å². The summed E-state index contributed by atoms with van der Waals surface area (Å²) in [6.45, 7) is 1.90. The quantitative estimate of drug-likeness (QED) is 0.856. The zero-order chi connectivity index (χ0) is 14.9. The number of carbonyl (C=O) groups is 1. The Bertz CT molecular complexity index is 676. The molecule has 1 fully saturated rings. The first-order valence-electron chi connectivity index (χ1n) is 7.99. The summed E-state index contributed by atoms with van der Waals surface area (Å²) in [4.78, 5) is 24.8. The lowest BCUT2D eigenvalue weighted by Crippen LogP contribution is -2.36. The van der Waals surface area contributed by atoms with Crippen LogP contribution in [0.2, 0.25) is 0 Å². The molecule has 3 heterocycles. The van der Waals surface area contributed by atoms with Gasteiger partial charge in [-0.2, -0.15) is 0 Å². The van der Waals surface area contributed by atoms with Crippen LogP contribution in [0.4, 0.5) is 0 Å². The van der Waals surface area contributed by atoms with E-state index in [2.05, 4.69) is 9.88 Å². The lowest BCUT2D eigenvalue weighted by Gasteiger charge is -2.25. The average Bonchev–Trinajstić information content (AvgIpc) is 3.23. The zero-order valence-corrected chi connectivity index (χ0v) is 13.3. The van der Waals surface area contributed by atoms with Gasteiger partial charge in [0, 0.05) is 41.8 Å². The van der Waals surface area contributed by atoms with Gasteiger partial charge in [-0.25, -0.2) is 4.98 Å². The molecule has 2 aromatic rings. The molecule has 1 unspecified atom stereocenters. The summed E-state index contributed by atoms with van der Waals surface area (Å²) in [7, 11) is 0. The van der Waals surface area contributed by atoms with Crippen LogP contribution in [0.5, 0.6) is 0 Å². The van der Waals surface area contributed by atoms with Gasteiger partial charge in [0.2, 0.25) is 5.91 Å². The predicted molar refractivity (Wildman–Crippen MR) is 86.7 cm³/mol. The number of amides is 1. The average molecular weight is 313 g/mol. The maximum Gasteiger partial charge on any atom is 0.226 e. The maximum absolute atomic E-state index is 12.6. The minimum atomic E-state index is 0.163. The third kappa shape index (κ3) is 2.54. The van der Waals surface area contributed by atoms with Gasteiger partial charge in [0.1, 0.15) is 5.01 Å². The standard InChI is InChI=1S/C17H19N3OS/c21-17(20-9-1-2-10-20)13-3-4-14-15(11-13)22-16(19-14)12-5-7-18-8-6-12/h5-8,13H,1-4,9-11H2. The summed E-state index contributed by atoms with van der Waals surface area (Å²) in [5, 5.41) is 1.06.